The first-order valence-electron chi connectivity index (χ1n) is 8.94. The molecule has 1 saturated carbocycles. The highest BCUT2D eigenvalue weighted by Gasteiger charge is 2.46. The van der Waals surface area contributed by atoms with Crippen molar-refractivity contribution in [3.8, 4) is 0 Å². The maximum atomic E-state index is 12.7. The van der Waals surface area contributed by atoms with Gasteiger partial charge in [-0.2, -0.15) is 10.2 Å². The molecule has 2 fully saturated rings. The zero-order chi connectivity index (χ0) is 17.4. The second-order valence-electron chi connectivity index (χ2n) is 7.20. The first-order chi connectivity index (χ1) is 12.1. The quantitative estimate of drug-likeness (QED) is 0.917. The Morgan fingerprint density at radius 3 is 2.68 bits per heavy atom. The van der Waals surface area contributed by atoms with Gasteiger partial charge in [-0.15, -0.1) is 5.10 Å². The van der Waals surface area contributed by atoms with Crippen LogP contribution in [0.25, 0.3) is 0 Å². The number of nitrogens with zero attached hydrogens (tertiary/aromatic N) is 5. The molecule has 0 unspecified atom stereocenters. The molecule has 0 bridgehead atoms. The maximum Gasteiger partial charge on any atom is 0.226 e. The molecular formula is C18H24N6O. The normalized spacial score (nSPS) is 23.5. The lowest BCUT2D eigenvalue weighted by Crippen LogP contribution is -2.43. The van der Waals surface area contributed by atoms with Gasteiger partial charge in [0.1, 0.15) is 5.82 Å². The minimum absolute atomic E-state index is 0.150. The van der Waals surface area contributed by atoms with E-state index in [1.165, 1.54) is 5.56 Å². The van der Waals surface area contributed by atoms with Gasteiger partial charge in [0.15, 0.2) is 0 Å². The van der Waals surface area contributed by atoms with Crippen LogP contribution < -0.4 is 5.32 Å². The van der Waals surface area contributed by atoms with Gasteiger partial charge >= 0.3 is 0 Å². The lowest BCUT2D eigenvalue weighted by molar-refractivity contribution is -0.133. The van der Waals surface area contributed by atoms with Gasteiger partial charge in [-0.3, -0.25) is 9.48 Å². The summed E-state index contributed by atoms with van der Waals surface area (Å²) < 4.78 is 1.81. The van der Waals surface area contributed by atoms with Gasteiger partial charge in [0, 0.05) is 38.3 Å². The van der Waals surface area contributed by atoms with Crippen molar-refractivity contribution in [3.63, 3.8) is 0 Å². The number of carbonyl (C=O) groups is 1. The largest absolute Gasteiger partial charge is 0.366 e. The number of nitrogens with one attached hydrogen (secondary N) is 1. The van der Waals surface area contributed by atoms with Crippen molar-refractivity contribution in [1.82, 2.24) is 24.9 Å². The van der Waals surface area contributed by atoms with Crippen molar-refractivity contribution in [2.75, 3.05) is 18.4 Å². The van der Waals surface area contributed by atoms with E-state index in [0.717, 1.165) is 43.9 Å². The molecule has 1 saturated heterocycles. The summed E-state index contributed by atoms with van der Waals surface area (Å²) in [5.41, 5.74) is 2.11. The predicted molar refractivity (Wildman–Crippen MR) is 94.0 cm³/mol. The summed E-state index contributed by atoms with van der Waals surface area (Å²) in [5.74, 6) is 1.63. The number of piperidine rings is 1. The molecule has 3 heterocycles. The Labute approximate surface area is 147 Å². The summed E-state index contributed by atoms with van der Waals surface area (Å²) in [5, 5.41) is 15.9. The van der Waals surface area contributed by atoms with E-state index in [1.807, 2.05) is 43.4 Å². The van der Waals surface area contributed by atoms with Gasteiger partial charge in [-0.25, -0.2) is 0 Å². The first kappa shape index (κ1) is 16.1. The number of hydrogen-bond donors (Lipinski definition) is 1. The Hall–Kier alpha value is -2.44. The third-order valence-corrected chi connectivity index (χ3v) is 5.22. The van der Waals surface area contributed by atoms with Crippen LogP contribution in [0, 0.1) is 12.8 Å². The molecule has 1 aliphatic heterocycles. The smallest absolute Gasteiger partial charge is 0.226 e. The van der Waals surface area contributed by atoms with Crippen LogP contribution in [0.4, 0.5) is 5.82 Å². The summed E-state index contributed by atoms with van der Waals surface area (Å²) in [6.07, 6.45) is 6.77. The van der Waals surface area contributed by atoms with Crippen molar-refractivity contribution in [2.45, 2.75) is 38.1 Å². The van der Waals surface area contributed by atoms with Gasteiger partial charge < -0.3 is 10.2 Å². The number of aromatic nitrogens is 4. The van der Waals surface area contributed by atoms with Crippen LogP contribution in [0.5, 0.6) is 0 Å². The van der Waals surface area contributed by atoms with Gasteiger partial charge in [0.05, 0.1) is 11.9 Å². The Morgan fingerprint density at radius 2 is 2.04 bits per heavy atom. The second kappa shape index (κ2) is 6.46. The minimum atomic E-state index is 0.150. The SMILES string of the molecule is Cc1ccc(NC2CCN(C(=O)[C@H]3C[C@H]3c3cnn(C)c3)CC2)nn1. The first-order valence-corrected chi connectivity index (χ1v) is 8.94. The predicted octanol–water partition coefficient (Wildman–Crippen LogP) is 1.73. The monoisotopic (exact) mass is 340 g/mol. The standard InChI is InChI=1S/C18H24N6O/c1-12-3-4-17(22-21-12)20-14-5-7-24(8-6-14)18(25)16-9-15(16)13-10-19-23(2)11-13/h3-4,10-11,14-16H,5-9H2,1-2H3,(H,20,22)/t15-,16-/m0/s1. The van der Waals surface area contributed by atoms with E-state index in [4.69, 9.17) is 0 Å². The van der Waals surface area contributed by atoms with Crippen LogP contribution in [0.15, 0.2) is 24.5 Å². The molecule has 4 rings (SSSR count). The molecule has 0 spiro atoms. The lowest BCUT2D eigenvalue weighted by atomic mass is 10.0. The van der Waals surface area contributed by atoms with Crippen LogP contribution in [-0.2, 0) is 11.8 Å². The summed E-state index contributed by atoms with van der Waals surface area (Å²) in [7, 11) is 1.92. The zero-order valence-corrected chi connectivity index (χ0v) is 14.7. The Kier molecular flexibility index (Phi) is 4.15. The van der Waals surface area contributed by atoms with Crippen LogP contribution >= 0.6 is 0 Å². The Morgan fingerprint density at radius 1 is 1.24 bits per heavy atom. The lowest BCUT2D eigenvalue weighted by Gasteiger charge is -2.32. The van der Waals surface area contributed by atoms with Crippen LogP contribution in [-0.4, -0.2) is 49.9 Å². The molecule has 2 aromatic rings. The van der Waals surface area contributed by atoms with E-state index >= 15 is 0 Å². The van der Waals surface area contributed by atoms with Crippen LogP contribution in [0.1, 0.15) is 36.4 Å². The summed E-state index contributed by atoms with van der Waals surface area (Å²) >= 11 is 0. The molecule has 1 amide bonds. The van der Waals surface area contributed by atoms with Gasteiger partial charge in [0.25, 0.3) is 0 Å². The molecule has 7 heteroatoms. The molecule has 7 nitrogen and oxygen atoms in total. The molecule has 1 aliphatic carbocycles. The van der Waals surface area contributed by atoms with E-state index < -0.39 is 0 Å². The molecule has 0 radical (unpaired) electrons. The second-order valence-corrected chi connectivity index (χ2v) is 7.20. The fourth-order valence-electron chi connectivity index (χ4n) is 3.63. The van der Waals surface area contributed by atoms with Crippen molar-refractivity contribution in [3.05, 3.63) is 35.8 Å². The maximum absolute atomic E-state index is 12.7. The molecule has 0 aromatic carbocycles. The topological polar surface area (TPSA) is 75.9 Å². The van der Waals surface area contributed by atoms with E-state index in [9.17, 15) is 4.79 Å². The minimum Gasteiger partial charge on any atom is -0.366 e. The molecule has 2 aliphatic rings. The highest BCUT2D eigenvalue weighted by atomic mass is 16.2. The highest BCUT2D eigenvalue weighted by Crippen LogP contribution is 2.48. The Balaban J connectivity index is 1.27. The fraction of sp³-hybridized carbons (Fsp3) is 0.556. The number of aryl methyl sites for hydroxylation is 2. The number of anilines is 1. The molecule has 25 heavy (non-hydrogen) atoms. The third kappa shape index (κ3) is 3.50. The van der Waals surface area contributed by atoms with Crippen LogP contribution in [0.3, 0.4) is 0 Å². The van der Waals surface area contributed by atoms with Crippen molar-refractivity contribution < 1.29 is 4.79 Å². The summed E-state index contributed by atoms with van der Waals surface area (Å²) in [6.45, 7) is 3.55. The van der Waals surface area contributed by atoms with E-state index in [2.05, 4.69) is 20.6 Å². The van der Waals surface area contributed by atoms with E-state index in [0.29, 0.717) is 17.9 Å². The van der Waals surface area contributed by atoms with Gasteiger partial charge in [0.2, 0.25) is 5.91 Å². The number of amides is 1. The molecule has 2 atom stereocenters. The molecule has 132 valence electrons. The van der Waals surface area contributed by atoms with E-state index in [1.54, 1.807) is 4.68 Å². The molecule has 2 aromatic heterocycles. The van der Waals surface area contributed by atoms with Crippen molar-refractivity contribution in [2.24, 2.45) is 13.0 Å². The average Bonchev–Trinajstić information content (AvgIpc) is 3.31. The van der Waals surface area contributed by atoms with Crippen LogP contribution in [0.2, 0.25) is 0 Å². The number of hydrogen-bond acceptors (Lipinski definition) is 5. The number of likely N-dealkylation sites (tertiary alicyclic amines) is 1. The van der Waals surface area contributed by atoms with Crippen molar-refractivity contribution >= 4 is 11.7 Å². The van der Waals surface area contributed by atoms with Crippen molar-refractivity contribution in [1.29, 1.82) is 0 Å². The summed E-state index contributed by atoms with van der Waals surface area (Å²) in [4.78, 5) is 14.7. The average molecular weight is 340 g/mol. The zero-order valence-electron chi connectivity index (χ0n) is 14.7. The third-order valence-electron chi connectivity index (χ3n) is 5.22. The number of rotatable bonds is 4. The summed E-state index contributed by atoms with van der Waals surface area (Å²) in [6, 6.07) is 4.27. The Bertz CT molecular complexity index is 747. The molecule has 1 N–H and O–H groups in total. The number of carbonyl (C=O) groups excluding carboxylic acids is 1. The highest BCUT2D eigenvalue weighted by molar-refractivity contribution is 5.83. The fourth-order valence-corrected chi connectivity index (χ4v) is 3.63. The van der Waals surface area contributed by atoms with E-state index in [-0.39, 0.29) is 5.92 Å². The van der Waals surface area contributed by atoms with Gasteiger partial charge in [-0.05, 0) is 49.8 Å². The molecular weight excluding hydrogens is 316 g/mol. The van der Waals surface area contributed by atoms with Gasteiger partial charge in [-0.1, -0.05) is 0 Å².